The number of aliphatic hydroxyl groups excluding tert-OH is 1. The van der Waals surface area contributed by atoms with Gasteiger partial charge in [0.2, 0.25) is 0 Å². The van der Waals surface area contributed by atoms with E-state index in [0.717, 1.165) is 41.4 Å². The van der Waals surface area contributed by atoms with Crippen LogP contribution < -0.4 is 5.32 Å². The Bertz CT molecular complexity index is 598. The van der Waals surface area contributed by atoms with Crippen molar-refractivity contribution in [3.63, 3.8) is 0 Å². The third-order valence-electron chi connectivity index (χ3n) is 3.91. The van der Waals surface area contributed by atoms with Crippen LogP contribution in [0.5, 0.6) is 0 Å². The van der Waals surface area contributed by atoms with Gasteiger partial charge in [0.15, 0.2) is 0 Å². The molecule has 4 heteroatoms. The Hall–Kier alpha value is -1.81. The molecule has 1 unspecified atom stereocenters. The molecule has 0 fully saturated rings. The molecule has 3 N–H and O–H groups in total. The average Bonchev–Trinajstić information content (AvgIpc) is 2.81. The normalized spacial score (nSPS) is 12.5. The number of aliphatic hydroxyl groups is 1. The molecule has 114 valence electrons. The maximum atomic E-state index is 12.5. The summed E-state index contributed by atoms with van der Waals surface area (Å²) in [6.45, 7) is 4.83. The highest BCUT2D eigenvalue weighted by atomic mass is 16.3. The van der Waals surface area contributed by atoms with Gasteiger partial charge in [-0.1, -0.05) is 31.5 Å². The summed E-state index contributed by atoms with van der Waals surface area (Å²) in [5, 5.41) is 13.1. The van der Waals surface area contributed by atoms with Crippen molar-refractivity contribution >= 4 is 16.8 Å². The van der Waals surface area contributed by atoms with Crippen molar-refractivity contribution in [1.82, 2.24) is 10.3 Å². The number of carbonyl (C=O) groups is 1. The van der Waals surface area contributed by atoms with E-state index in [2.05, 4.69) is 17.2 Å². The molecule has 0 spiro atoms. The van der Waals surface area contributed by atoms with Gasteiger partial charge in [0, 0.05) is 29.7 Å². The van der Waals surface area contributed by atoms with E-state index in [1.807, 2.05) is 31.2 Å². The number of hydrogen-bond donors (Lipinski definition) is 3. The van der Waals surface area contributed by atoms with Crippen LogP contribution in [-0.4, -0.2) is 29.1 Å². The Morgan fingerprint density at radius 3 is 2.81 bits per heavy atom. The molecule has 1 heterocycles. The van der Waals surface area contributed by atoms with E-state index in [1.165, 1.54) is 0 Å². The Labute approximate surface area is 125 Å². The third-order valence-corrected chi connectivity index (χ3v) is 3.91. The van der Waals surface area contributed by atoms with Gasteiger partial charge >= 0.3 is 0 Å². The molecule has 1 aromatic heterocycles. The fraction of sp³-hybridized carbons (Fsp3) is 0.471. The largest absolute Gasteiger partial charge is 0.396 e. The number of para-hydroxylation sites is 1. The van der Waals surface area contributed by atoms with Crippen LogP contribution in [0.15, 0.2) is 24.3 Å². The summed E-state index contributed by atoms with van der Waals surface area (Å²) in [7, 11) is 0. The van der Waals surface area contributed by atoms with E-state index >= 15 is 0 Å². The quantitative estimate of drug-likeness (QED) is 0.733. The first-order valence-corrected chi connectivity index (χ1v) is 7.63. The van der Waals surface area contributed by atoms with E-state index in [1.54, 1.807) is 0 Å². The van der Waals surface area contributed by atoms with Crippen molar-refractivity contribution < 1.29 is 9.90 Å². The Balaban J connectivity index is 2.10. The number of amides is 1. The van der Waals surface area contributed by atoms with E-state index in [-0.39, 0.29) is 12.5 Å². The van der Waals surface area contributed by atoms with Gasteiger partial charge in [-0.05, 0) is 31.7 Å². The molecule has 1 amide bonds. The van der Waals surface area contributed by atoms with Crippen LogP contribution in [0.1, 0.15) is 42.2 Å². The molecular formula is C17H24N2O2. The molecule has 2 rings (SSSR count). The fourth-order valence-electron chi connectivity index (χ4n) is 2.83. The standard InChI is InChI=1S/C17H24N2O2/c1-3-6-13(9-10-20)11-18-17(21)16-12(2)19-15-8-5-4-7-14(15)16/h4-5,7-8,13,19-20H,3,6,9-11H2,1-2H3,(H,18,21). The van der Waals surface area contributed by atoms with Gasteiger partial charge in [-0.3, -0.25) is 4.79 Å². The molecule has 0 aliphatic heterocycles. The number of aromatic nitrogens is 1. The molecule has 0 saturated carbocycles. The van der Waals surface area contributed by atoms with Crippen molar-refractivity contribution in [2.24, 2.45) is 5.92 Å². The predicted molar refractivity (Wildman–Crippen MR) is 85.5 cm³/mol. The second-order valence-corrected chi connectivity index (χ2v) is 5.55. The van der Waals surface area contributed by atoms with Crippen molar-refractivity contribution in [3.05, 3.63) is 35.5 Å². The second kappa shape index (κ2) is 7.27. The lowest BCUT2D eigenvalue weighted by Crippen LogP contribution is -2.30. The SMILES string of the molecule is CCCC(CCO)CNC(=O)c1c(C)[nH]c2ccccc12. The van der Waals surface area contributed by atoms with Crippen LogP contribution in [0, 0.1) is 12.8 Å². The van der Waals surface area contributed by atoms with Crippen LogP contribution in [0.3, 0.4) is 0 Å². The van der Waals surface area contributed by atoms with E-state index in [9.17, 15) is 4.79 Å². The minimum absolute atomic E-state index is 0.0380. The summed E-state index contributed by atoms with van der Waals surface area (Å²) in [6.07, 6.45) is 2.82. The van der Waals surface area contributed by atoms with Gasteiger partial charge in [0.1, 0.15) is 0 Å². The summed E-state index contributed by atoms with van der Waals surface area (Å²) in [6, 6.07) is 7.84. The predicted octanol–water partition coefficient (Wildman–Crippen LogP) is 3.00. The lowest BCUT2D eigenvalue weighted by molar-refractivity contribution is 0.0944. The van der Waals surface area contributed by atoms with Crippen LogP contribution in [-0.2, 0) is 0 Å². The highest BCUT2D eigenvalue weighted by molar-refractivity contribution is 6.08. The summed E-state index contributed by atoms with van der Waals surface area (Å²) < 4.78 is 0. The molecule has 4 nitrogen and oxygen atoms in total. The first-order chi connectivity index (χ1) is 10.2. The molecule has 0 saturated heterocycles. The Kier molecular flexibility index (Phi) is 5.39. The summed E-state index contributed by atoms with van der Waals surface area (Å²) in [5.41, 5.74) is 2.60. The van der Waals surface area contributed by atoms with Gasteiger partial charge in [-0.2, -0.15) is 0 Å². The number of aryl methyl sites for hydroxylation is 1. The number of hydrogen-bond acceptors (Lipinski definition) is 2. The van der Waals surface area contributed by atoms with Gasteiger partial charge in [0.05, 0.1) is 5.56 Å². The zero-order valence-corrected chi connectivity index (χ0v) is 12.8. The van der Waals surface area contributed by atoms with E-state index < -0.39 is 0 Å². The van der Waals surface area contributed by atoms with Gasteiger partial charge in [-0.15, -0.1) is 0 Å². The molecule has 1 atom stereocenters. The highest BCUT2D eigenvalue weighted by Crippen LogP contribution is 2.21. The van der Waals surface area contributed by atoms with E-state index in [0.29, 0.717) is 12.5 Å². The average molecular weight is 288 g/mol. The minimum Gasteiger partial charge on any atom is -0.396 e. The van der Waals surface area contributed by atoms with Crippen LogP contribution >= 0.6 is 0 Å². The number of rotatable bonds is 7. The second-order valence-electron chi connectivity index (χ2n) is 5.55. The lowest BCUT2D eigenvalue weighted by atomic mass is 10.00. The molecule has 21 heavy (non-hydrogen) atoms. The number of nitrogens with one attached hydrogen (secondary N) is 2. The van der Waals surface area contributed by atoms with Crippen molar-refractivity contribution in [3.8, 4) is 0 Å². The van der Waals surface area contributed by atoms with Crippen molar-refractivity contribution in [2.75, 3.05) is 13.2 Å². The number of H-pyrrole nitrogens is 1. The third kappa shape index (κ3) is 3.64. The molecular weight excluding hydrogens is 264 g/mol. The monoisotopic (exact) mass is 288 g/mol. The molecule has 2 aromatic rings. The first kappa shape index (κ1) is 15.6. The maximum absolute atomic E-state index is 12.5. The molecule has 0 radical (unpaired) electrons. The van der Waals surface area contributed by atoms with Crippen LogP contribution in [0.25, 0.3) is 10.9 Å². The minimum atomic E-state index is -0.0380. The summed E-state index contributed by atoms with van der Waals surface area (Å²) >= 11 is 0. The summed E-state index contributed by atoms with van der Waals surface area (Å²) in [4.78, 5) is 15.7. The van der Waals surface area contributed by atoms with Gasteiger partial charge < -0.3 is 15.4 Å². The van der Waals surface area contributed by atoms with Crippen molar-refractivity contribution in [2.45, 2.75) is 33.1 Å². The zero-order valence-electron chi connectivity index (χ0n) is 12.8. The van der Waals surface area contributed by atoms with Crippen LogP contribution in [0.4, 0.5) is 0 Å². The Morgan fingerprint density at radius 1 is 1.33 bits per heavy atom. The molecule has 0 aliphatic carbocycles. The van der Waals surface area contributed by atoms with E-state index in [4.69, 9.17) is 5.11 Å². The smallest absolute Gasteiger partial charge is 0.253 e. The highest BCUT2D eigenvalue weighted by Gasteiger charge is 2.16. The maximum Gasteiger partial charge on any atom is 0.253 e. The molecule has 0 bridgehead atoms. The number of fused-ring (bicyclic) bond motifs is 1. The fourth-order valence-corrected chi connectivity index (χ4v) is 2.83. The lowest BCUT2D eigenvalue weighted by Gasteiger charge is -2.15. The molecule has 1 aromatic carbocycles. The Morgan fingerprint density at radius 2 is 2.10 bits per heavy atom. The van der Waals surface area contributed by atoms with Crippen LogP contribution in [0.2, 0.25) is 0 Å². The number of aromatic amines is 1. The zero-order chi connectivity index (χ0) is 15.2. The first-order valence-electron chi connectivity index (χ1n) is 7.63. The number of benzene rings is 1. The van der Waals surface area contributed by atoms with Crippen molar-refractivity contribution in [1.29, 1.82) is 0 Å². The summed E-state index contributed by atoms with van der Waals surface area (Å²) in [5.74, 6) is 0.304. The van der Waals surface area contributed by atoms with Gasteiger partial charge in [0.25, 0.3) is 5.91 Å². The number of carbonyl (C=O) groups excluding carboxylic acids is 1. The topological polar surface area (TPSA) is 65.1 Å². The molecule has 0 aliphatic rings. The van der Waals surface area contributed by atoms with Gasteiger partial charge in [-0.25, -0.2) is 0 Å².